The van der Waals surface area contributed by atoms with Crippen LogP contribution in [0, 0.1) is 5.82 Å². The predicted molar refractivity (Wildman–Crippen MR) is 90.4 cm³/mol. The summed E-state index contributed by atoms with van der Waals surface area (Å²) in [4.78, 5) is 18.6. The maximum Gasteiger partial charge on any atom is 0.356 e. The molecule has 0 amide bonds. The Morgan fingerprint density at radius 3 is 2.71 bits per heavy atom. The van der Waals surface area contributed by atoms with Gasteiger partial charge in [-0.05, 0) is 18.2 Å². The third-order valence-electron chi connectivity index (χ3n) is 4.02. The van der Waals surface area contributed by atoms with Gasteiger partial charge in [0.1, 0.15) is 5.82 Å². The van der Waals surface area contributed by atoms with Crippen LogP contribution in [0.15, 0.2) is 48.7 Å². The highest BCUT2D eigenvalue weighted by Crippen LogP contribution is 2.36. The predicted octanol–water partition coefficient (Wildman–Crippen LogP) is 3.80. The molecule has 2 heterocycles. The lowest BCUT2D eigenvalue weighted by Crippen LogP contribution is -2.02. The summed E-state index contributed by atoms with van der Waals surface area (Å²) in [6.07, 6.45) is 1.40. The smallest absolute Gasteiger partial charge is 0.356 e. The molecule has 0 saturated carbocycles. The number of aromatic nitrogens is 2. The lowest BCUT2D eigenvalue weighted by molar-refractivity contribution is 0.0692. The molecule has 0 saturated heterocycles. The normalized spacial score (nSPS) is 11.2. The van der Waals surface area contributed by atoms with E-state index in [1.165, 1.54) is 12.3 Å². The van der Waals surface area contributed by atoms with Crippen molar-refractivity contribution in [3.8, 4) is 11.1 Å². The molecule has 0 aliphatic carbocycles. The van der Waals surface area contributed by atoms with Crippen molar-refractivity contribution in [3.05, 3.63) is 60.2 Å². The van der Waals surface area contributed by atoms with Crippen molar-refractivity contribution in [2.45, 2.75) is 0 Å². The summed E-state index contributed by atoms with van der Waals surface area (Å²) in [5.74, 6) is -1.55. The van der Waals surface area contributed by atoms with Crippen LogP contribution in [0.4, 0.5) is 10.1 Å². The average Bonchev–Trinajstić information content (AvgIpc) is 2.92. The lowest BCUT2D eigenvalue weighted by atomic mass is 10.00. The van der Waals surface area contributed by atoms with Gasteiger partial charge in [0.15, 0.2) is 5.69 Å². The zero-order valence-corrected chi connectivity index (χ0v) is 12.4. The fourth-order valence-corrected chi connectivity index (χ4v) is 2.98. The first kappa shape index (κ1) is 14.2. The molecule has 5 nitrogen and oxygen atoms in total. The van der Waals surface area contributed by atoms with Crippen molar-refractivity contribution in [1.29, 1.82) is 0 Å². The second-order valence-electron chi connectivity index (χ2n) is 5.49. The van der Waals surface area contributed by atoms with Crippen LogP contribution in [0.25, 0.3) is 32.9 Å². The molecule has 0 aliphatic rings. The standard InChI is InChI=1S/C18H12FN3O2/c19-13-4-2-1-3-10(13)12-8-21-17(18(23)24)16-15(12)11-6-5-9(20)7-14(11)22-16/h1-8,22H,20H2,(H,23,24). The molecule has 0 radical (unpaired) electrons. The molecule has 2 aromatic heterocycles. The van der Waals surface area contributed by atoms with Crippen LogP contribution < -0.4 is 5.73 Å². The summed E-state index contributed by atoms with van der Waals surface area (Å²) in [7, 11) is 0. The topological polar surface area (TPSA) is 92.0 Å². The highest BCUT2D eigenvalue weighted by Gasteiger charge is 2.20. The number of nitrogens with one attached hydrogen (secondary N) is 1. The molecule has 4 rings (SSSR count). The Labute approximate surface area is 135 Å². The average molecular weight is 321 g/mol. The van der Waals surface area contributed by atoms with Crippen LogP contribution >= 0.6 is 0 Å². The van der Waals surface area contributed by atoms with E-state index in [1.54, 1.807) is 36.4 Å². The van der Waals surface area contributed by atoms with Crippen LogP contribution in [0.3, 0.4) is 0 Å². The van der Waals surface area contributed by atoms with E-state index in [-0.39, 0.29) is 5.69 Å². The van der Waals surface area contributed by atoms with E-state index in [4.69, 9.17) is 5.73 Å². The number of fused-ring (bicyclic) bond motifs is 3. The van der Waals surface area contributed by atoms with Crippen LogP contribution in [-0.4, -0.2) is 21.0 Å². The molecule has 0 unspecified atom stereocenters. The number of carboxylic acid groups (broad SMARTS) is 1. The van der Waals surface area contributed by atoms with Gasteiger partial charge < -0.3 is 15.8 Å². The van der Waals surface area contributed by atoms with Gasteiger partial charge in [-0.25, -0.2) is 14.2 Å². The van der Waals surface area contributed by atoms with E-state index in [2.05, 4.69) is 9.97 Å². The molecular formula is C18H12FN3O2. The maximum absolute atomic E-state index is 14.3. The zero-order valence-electron chi connectivity index (χ0n) is 12.4. The number of hydrogen-bond donors (Lipinski definition) is 3. The fourth-order valence-electron chi connectivity index (χ4n) is 2.98. The van der Waals surface area contributed by atoms with Crippen LogP contribution in [0.5, 0.6) is 0 Å². The number of aromatic carboxylic acids is 1. The summed E-state index contributed by atoms with van der Waals surface area (Å²) in [5.41, 5.74) is 8.17. The molecule has 118 valence electrons. The number of rotatable bonds is 2. The number of nitrogens with zero attached hydrogens (tertiary/aromatic N) is 1. The highest BCUT2D eigenvalue weighted by atomic mass is 19.1. The van der Waals surface area contributed by atoms with E-state index in [1.807, 2.05) is 0 Å². The largest absolute Gasteiger partial charge is 0.476 e. The molecule has 4 N–H and O–H groups in total. The third-order valence-corrected chi connectivity index (χ3v) is 4.02. The number of nitrogen functional groups attached to an aromatic ring is 1. The Morgan fingerprint density at radius 2 is 1.96 bits per heavy atom. The van der Waals surface area contributed by atoms with E-state index >= 15 is 0 Å². The first-order valence-corrected chi connectivity index (χ1v) is 7.24. The SMILES string of the molecule is Nc1ccc2c(c1)[nH]c1c(C(=O)O)ncc(-c3ccccc3F)c12. The number of pyridine rings is 1. The first-order chi connectivity index (χ1) is 11.6. The van der Waals surface area contributed by atoms with E-state index < -0.39 is 11.8 Å². The molecule has 6 heteroatoms. The van der Waals surface area contributed by atoms with Gasteiger partial charge >= 0.3 is 5.97 Å². The van der Waals surface area contributed by atoms with Gasteiger partial charge in [-0.3, -0.25) is 0 Å². The Kier molecular flexibility index (Phi) is 2.99. The molecule has 2 aromatic carbocycles. The van der Waals surface area contributed by atoms with Crippen molar-refractivity contribution in [3.63, 3.8) is 0 Å². The number of anilines is 1. The molecule has 0 aliphatic heterocycles. The zero-order chi connectivity index (χ0) is 16.8. The van der Waals surface area contributed by atoms with Crippen molar-refractivity contribution in [1.82, 2.24) is 9.97 Å². The van der Waals surface area contributed by atoms with Gasteiger partial charge in [-0.1, -0.05) is 24.3 Å². The van der Waals surface area contributed by atoms with E-state index in [0.29, 0.717) is 33.2 Å². The molecular weight excluding hydrogens is 309 g/mol. The minimum Gasteiger partial charge on any atom is -0.476 e. The van der Waals surface area contributed by atoms with Crippen molar-refractivity contribution in [2.24, 2.45) is 0 Å². The fraction of sp³-hybridized carbons (Fsp3) is 0. The molecule has 24 heavy (non-hydrogen) atoms. The van der Waals surface area contributed by atoms with E-state index in [0.717, 1.165) is 5.39 Å². The second kappa shape index (κ2) is 5.06. The number of H-pyrrole nitrogens is 1. The van der Waals surface area contributed by atoms with Gasteiger partial charge in [-0.2, -0.15) is 0 Å². The Balaban J connectivity index is 2.20. The minimum atomic E-state index is -1.15. The second-order valence-corrected chi connectivity index (χ2v) is 5.49. The molecule has 0 fully saturated rings. The summed E-state index contributed by atoms with van der Waals surface area (Å²) in [5, 5.41) is 10.8. The summed E-state index contributed by atoms with van der Waals surface area (Å²) in [6.45, 7) is 0. The minimum absolute atomic E-state index is 0.111. The molecule has 0 spiro atoms. The third kappa shape index (κ3) is 2.00. The van der Waals surface area contributed by atoms with Gasteiger partial charge in [-0.15, -0.1) is 0 Å². The van der Waals surface area contributed by atoms with Gasteiger partial charge in [0.25, 0.3) is 0 Å². The summed E-state index contributed by atoms with van der Waals surface area (Å²) >= 11 is 0. The van der Waals surface area contributed by atoms with Gasteiger partial charge in [0.05, 0.1) is 5.52 Å². The summed E-state index contributed by atoms with van der Waals surface area (Å²) in [6, 6.07) is 11.6. The number of hydrogen-bond acceptors (Lipinski definition) is 3. The summed E-state index contributed by atoms with van der Waals surface area (Å²) < 4.78 is 14.3. The number of carboxylic acids is 1. The van der Waals surface area contributed by atoms with Crippen molar-refractivity contribution in [2.75, 3.05) is 5.73 Å². The molecule has 4 aromatic rings. The van der Waals surface area contributed by atoms with Crippen LogP contribution in [-0.2, 0) is 0 Å². The number of aromatic amines is 1. The van der Waals surface area contributed by atoms with Crippen molar-refractivity contribution < 1.29 is 14.3 Å². The Bertz CT molecular complexity index is 1120. The number of benzene rings is 2. The first-order valence-electron chi connectivity index (χ1n) is 7.24. The van der Waals surface area contributed by atoms with Gasteiger partial charge in [0.2, 0.25) is 0 Å². The lowest BCUT2D eigenvalue weighted by Gasteiger charge is -2.07. The van der Waals surface area contributed by atoms with Gasteiger partial charge in [0, 0.05) is 39.3 Å². The Morgan fingerprint density at radius 1 is 1.17 bits per heavy atom. The van der Waals surface area contributed by atoms with Crippen LogP contribution in [0.1, 0.15) is 10.5 Å². The number of halogens is 1. The number of nitrogens with two attached hydrogens (primary N) is 1. The monoisotopic (exact) mass is 321 g/mol. The quantitative estimate of drug-likeness (QED) is 0.490. The highest BCUT2D eigenvalue weighted by molar-refractivity contribution is 6.18. The molecule has 0 atom stereocenters. The maximum atomic E-state index is 14.3. The number of carbonyl (C=O) groups is 1. The van der Waals surface area contributed by atoms with Crippen LogP contribution in [0.2, 0.25) is 0 Å². The van der Waals surface area contributed by atoms with E-state index in [9.17, 15) is 14.3 Å². The van der Waals surface area contributed by atoms with Crippen molar-refractivity contribution >= 4 is 33.5 Å². The molecule has 0 bridgehead atoms. The Hall–Kier alpha value is -3.41.